The number of benzene rings is 1. The van der Waals surface area contributed by atoms with Gasteiger partial charge in [-0.3, -0.25) is 9.59 Å². The van der Waals surface area contributed by atoms with Crippen molar-refractivity contribution in [1.29, 1.82) is 0 Å². The first-order valence-corrected chi connectivity index (χ1v) is 7.09. The van der Waals surface area contributed by atoms with Crippen LogP contribution in [0.4, 0.5) is 0 Å². The number of carbonyl (C=O) groups is 2. The summed E-state index contributed by atoms with van der Waals surface area (Å²) < 4.78 is 0. The fourth-order valence-corrected chi connectivity index (χ4v) is 3.36. The quantitative estimate of drug-likeness (QED) is 0.849. The van der Waals surface area contributed by atoms with Crippen LogP contribution in [0, 0.1) is 5.92 Å². The molecule has 96 valence electrons. The highest BCUT2D eigenvalue weighted by Crippen LogP contribution is 2.34. The number of ketones is 1. The summed E-state index contributed by atoms with van der Waals surface area (Å²) in [6.45, 7) is 1.85. The van der Waals surface area contributed by atoms with Gasteiger partial charge in [-0.2, -0.15) is 0 Å². The van der Waals surface area contributed by atoms with Crippen molar-refractivity contribution in [2.24, 2.45) is 5.92 Å². The van der Waals surface area contributed by atoms with Crippen LogP contribution < -0.4 is 0 Å². The monoisotopic (exact) mass is 264 g/mol. The van der Waals surface area contributed by atoms with E-state index < -0.39 is 5.97 Å². The van der Waals surface area contributed by atoms with Crippen molar-refractivity contribution in [3.63, 3.8) is 0 Å². The van der Waals surface area contributed by atoms with Crippen LogP contribution in [0.2, 0.25) is 0 Å². The van der Waals surface area contributed by atoms with E-state index in [9.17, 15) is 9.59 Å². The molecule has 2 rings (SSSR count). The maximum absolute atomic E-state index is 11.7. The summed E-state index contributed by atoms with van der Waals surface area (Å²) in [5, 5.41) is 8.83. The summed E-state index contributed by atoms with van der Waals surface area (Å²) in [5.41, 5.74) is 1.87. The molecule has 1 atom stereocenters. The van der Waals surface area contributed by atoms with E-state index in [1.54, 1.807) is 11.8 Å². The molecule has 1 aliphatic rings. The molecule has 0 bridgehead atoms. The number of fused-ring (bicyclic) bond motifs is 1. The maximum atomic E-state index is 11.7. The Hall–Kier alpha value is -1.29. The molecule has 1 aromatic rings. The van der Waals surface area contributed by atoms with Crippen molar-refractivity contribution < 1.29 is 14.7 Å². The summed E-state index contributed by atoms with van der Waals surface area (Å²) in [4.78, 5) is 23.6. The van der Waals surface area contributed by atoms with Crippen LogP contribution in [0.5, 0.6) is 0 Å². The zero-order valence-electron chi connectivity index (χ0n) is 10.3. The van der Waals surface area contributed by atoms with Gasteiger partial charge in [0.25, 0.3) is 0 Å². The highest BCUT2D eigenvalue weighted by atomic mass is 32.2. The van der Waals surface area contributed by atoms with Gasteiger partial charge >= 0.3 is 5.97 Å². The molecule has 1 N–H and O–H groups in total. The molecular weight excluding hydrogens is 248 g/mol. The third-order valence-corrected chi connectivity index (χ3v) is 4.50. The topological polar surface area (TPSA) is 54.4 Å². The van der Waals surface area contributed by atoms with Crippen molar-refractivity contribution in [2.45, 2.75) is 31.1 Å². The van der Waals surface area contributed by atoms with Gasteiger partial charge in [-0.1, -0.05) is 13.0 Å². The van der Waals surface area contributed by atoms with Crippen LogP contribution in [0.1, 0.15) is 35.7 Å². The summed E-state index contributed by atoms with van der Waals surface area (Å²) in [6.07, 6.45) is 1.47. The van der Waals surface area contributed by atoms with E-state index in [-0.39, 0.29) is 18.1 Å². The number of hydrogen-bond acceptors (Lipinski definition) is 3. The predicted molar refractivity (Wildman–Crippen MR) is 71.2 cm³/mol. The first kappa shape index (κ1) is 13.1. The van der Waals surface area contributed by atoms with Gasteiger partial charge in [0.2, 0.25) is 0 Å². The van der Waals surface area contributed by atoms with Crippen LogP contribution >= 0.6 is 11.8 Å². The molecule has 1 aromatic carbocycles. The van der Waals surface area contributed by atoms with Crippen molar-refractivity contribution in [1.82, 2.24) is 0 Å². The largest absolute Gasteiger partial charge is 0.481 e. The minimum absolute atomic E-state index is 0.142. The van der Waals surface area contributed by atoms with Crippen LogP contribution in [0.15, 0.2) is 23.1 Å². The van der Waals surface area contributed by atoms with E-state index in [2.05, 4.69) is 0 Å². The number of rotatable bonds is 4. The molecule has 1 aliphatic heterocycles. The van der Waals surface area contributed by atoms with Gasteiger partial charge in [-0.15, -0.1) is 11.8 Å². The zero-order valence-corrected chi connectivity index (χ0v) is 11.1. The molecule has 0 amide bonds. The first-order valence-electron chi connectivity index (χ1n) is 6.11. The Morgan fingerprint density at radius 2 is 2.22 bits per heavy atom. The Morgan fingerprint density at radius 1 is 1.44 bits per heavy atom. The number of thioether (sulfide) groups is 1. The molecule has 0 radical (unpaired) electrons. The summed E-state index contributed by atoms with van der Waals surface area (Å²) >= 11 is 1.69. The number of Topliss-reactive ketones (excluding diaryl/α,β-unsaturated/α-hetero) is 1. The fourth-order valence-electron chi connectivity index (χ4n) is 2.21. The maximum Gasteiger partial charge on any atom is 0.303 e. The third kappa shape index (κ3) is 2.93. The molecular formula is C14H16O3S. The number of aliphatic carboxylic acids is 1. The molecule has 0 fully saturated rings. The second kappa shape index (κ2) is 5.57. The number of carboxylic acid groups (broad SMARTS) is 1. The van der Waals surface area contributed by atoms with Gasteiger partial charge in [0.1, 0.15) is 0 Å². The highest BCUT2D eigenvalue weighted by molar-refractivity contribution is 7.99. The Morgan fingerprint density at radius 3 is 2.89 bits per heavy atom. The van der Waals surface area contributed by atoms with Crippen molar-refractivity contribution in [3.8, 4) is 0 Å². The van der Waals surface area contributed by atoms with Crippen LogP contribution in [0.3, 0.4) is 0 Å². The molecule has 0 aromatic heterocycles. The van der Waals surface area contributed by atoms with Gasteiger partial charge in [0.05, 0.1) is 0 Å². The smallest absolute Gasteiger partial charge is 0.303 e. The number of hydrogen-bond donors (Lipinski definition) is 1. The van der Waals surface area contributed by atoms with Crippen LogP contribution in [-0.4, -0.2) is 22.6 Å². The number of carbonyl (C=O) groups excluding carboxylic acids is 1. The second-order valence-corrected chi connectivity index (χ2v) is 5.64. The molecule has 0 aliphatic carbocycles. The number of carboxylic acids is 1. The molecule has 0 saturated carbocycles. The molecule has 4 heteroatoms. The summed E-state index contributed by atoms with van der Waals surface area (Å²) in [6, 6.07) is 5.79. The van der Waals surface area contributed by atoms with Crippen molar-refractivity contribution in [2.75, 3.05) is 5.75 Å². The zero-order chi connectivity index (χ0) is 13.1. The predicted octanol–water partition coefficient (Wildman–Crippen LogP) is 3.02. The van der Waals surface area contributed by atoms with E-state index in [0.29, 0.717) is 6.42 Å². The summed E-state index contributed by atoms with van der Waals surface area (Å²) in [5.74, 6) is 0.417. The van der Waals surface area contributed by atoms with Crippen LogP contribution in [0.25, 0.3) is 0 Å². The molecule has 0 spiro atoms. The van der Waals surface area contributed by atoms with E-state index in [1.807, 2.05) is 25.1 Å². The molecule has 1 unspecified atom stereocenters. The van der Waals surface area contributed by atoms with E-state index in [4.69, 9.17) is 5.11 Å². The molecule has 0 saturated heterocycles. The molecule has 18 heavy (non-hydrogen) atoms. The summed E-state index contributed by atoms with van der Waals surface area (Å²) in [7, 11) is 0. The van der Waals surface area contributed by atoms with Gasteiger partial charge in [0, 0.05) is 29.1 Å². The normalized spacial score (nSPS) is 18.2. The third-order valence-electron chi connectivity index (χ3n) is 3.15. The fraction of sp³-hybridized carbons (Fsp3) is 0.429. The van der Waals surface area contributed by atoms with E-state index in [0.717, 1.165) is 23.3 Å². The van der Waals surface area contributed by atoms with Gasteiger partial charge < -0.3 is 5.11 Å². The van der Waals surface area contributed by atoms with E-state index in [1.165, 1.54) is 4.90 Å². The Bertz CT molecular complexity index is 482. The highest BCUT2D eigenvalue weighted by Gasteiger charge is 2.22. The minimum Gasteiger partial charge on any atom is -0.481 e. The lowest BCUT2D eigenvalue weighted by Crippen LogP contribution is -2.17. The average Bonchev–Trinajstić information content (AvgIpc) is 2.36. The second-order valence-electron chi connectivity index (χ2n) is 4.58. The van der Waals surface area contributed by atoms with Crippen molar-refractivity contribution >= 4 is 23.5 Å². The Labute approximate surface area is 111 Å². The van der Waals surface area contributed by atoms with Gasteiger partial charge in [0.15, 0.2) is 5.78 Å². The van der Waals surface area contributed by atoms with Crippen LogP contribution in [-0.2, 0) is 11.2 Å². The van der Waals surface area contributed by atoms with Gasteiger partial charge in [-0.05, 0) is 30.0 Å². The Kier molecular flexibility index (Phi) is 4.07. The lowest BCUT2D eigenvalue weighted by atomic mass is 9.95. The lowest BCUT2D eigenvalue weighted by Gasteiger charge is -2.23. The first-order chi connectivity index (χ1) is 8.60. The lowest BCUT2D eigenvalue weighted by molar-refractivity contribution is -0.137. The Balaban J connectivity index is 2.19. The SMILES string of the molecule is CCC(=O)c1ccc2c(c1)CC(CC(=O)O)CS2. The standard InChI is InChI=1S/C14H16O3S/c1-2-12(15)10-3-4-13-11(7-10)5-9(8-18-13)6-14(16)17/h3-4,7,9H,2,5-6,8H2,1H3,(H,16,17). The minimum atomic E-state index is -0.746. The van der Waals surface area contributed by atoms with Crippen molar-refractivity contribution in [3.05, 3.63) is 29.3 Å². The molecule has 1 heterocycles. The average molecular weight is 264 g/mol. The van der Waals surface area contributed by atoms with Gasteiger partial charge in [-0.25, -0.2) is 0 Å². The van der Waals surface area contributed by atoms with E-state index >= 15 is 0 Å². The molecule has 3 nitrogen and oxygen atoms in total.